The average Bonchev–Trinajstić information content (AvgIpc) is 2.62. The van der Waals surface area contributed by atoms with Crippen LogP contribution >= 0.6 is 15.9 Å². The average molecular weight is 549 g/mol. The van der Waals surface area contributed by atoms with E-state index in [1.807, 2.05) is 0 Å². The first-order valence-electron chi connectivity index (χ1n) is 8.44. The van der Waals surface area contributed by atoms with E-state index in [0.29, 0.717) is 42.5 Å². The zero-order valence-electron chi connectivity index (χ0n) is 15.5. The highest BCUT2D eigenvalue weighted by Crippen LogP contribution is 2.38. The molecule has 176 valence electrons. The summed E-state index contributed by atoms with van der Waals surface area (Å²) < 4.78 is 142. The Bertz CT molecular complexity index is 1160. The van der Waals surface area contributed by atoms with Crippen LogP contribution in [0.3, 0.4) is 0 Å². The SMILES string of the molecule is Fc1cc(OC(F)(F)c2c(F)cc(Br)cc2F)ccc1-c1cc(F)c(OC(F)(F)F)c(F)c1. The van der Waals surface area contributed by atoms with Gasteiger partial charge in [-0.2, -0.15) is 8.78 Å². The van der Waals surface area contributed by atoms with Gasteiger partial charge >= 0.3 is 12.5 Å². The molecule has 13 heteroatoms. The summed E-state index contributed by atoms with van der Waals surface area (Å²) in [6.07, 6.45) is -9.98. The van der Waals surface area contributed by atoms with Crippen molar-refractivity contribution in [3.8, 4) is 22.6 Å². The molecule has 0 atom stereocenters. The van der Waals surface area contributed by atoms with Crippen molar-refractivity contribution >= 4 is 15.9 Å². The minimum atomic E-state index is -5.40. The standard InChI is InChI=1S/C20H7BrF10O2/c21-9-5-13(23)17(14(24)6-9)19(27,28)32-10-1-2-11(12(22)7-10)8-3-15(25)18(16(26)4-8)33-20(29,30)31/h1-7H. The molecule has 0 amide bonds. The first-order chi connectivity index (χ1) is 15.2. The number of halogens is 11. The molecule has 0 aliphatic heterocycles. The summed E-state index contributed by atoms with van der Waals surface area (Å²) in [7, 11) is 0. The minimum Gasteiger partial charge on any atom is -0.429 e. The van der Waals surface area contributed by atoms with Gasteiger partial charge in [-0.3, -0.25) is 0 Å². The fraction of sp³-hybridized carbons (Fsp3) is 0.100. The van der Waals surface area contributed by atoms with Gasteiger partial charge in [-0.1, -0.05) is 15.9 Å². The van der Waals surface area contributed by atoms with Crippen LogP contribution < -0.4 is 9.47 Å². The third-order valence-corrected chi connectivity index (χ3v) is 4.47. The molecule has 3 rings (SSSR count). The molecule has 0 aliphatic carbocycles. The minimum absolute atomic E-state index is 0.168. The Morgan fingerprint density at radius 3 is 1.67 bits per heavy atom. The lowest BCUT2D eigenvalue weighted by Gasteiger charge is -2.20. The van der Waals surface area contributed by atoms with Crippen LogP contribution in [0, 0.1) is 29.1 Å². The van der Waals surface area contributed by atoms with Crippen LogP contribution in [0.2, 0.25) is 0 Å². The Balaban J connectivity index is 1.92. The van der Waals surface area contributed by atoms with E-state index in [0.717, 1.165) is 0 Å². The van der Waals surface area contributed by atoms with Crippen molar-refractivity contribution in [2.75, 3.05) is 0 Å². The Hall–Kier alpha value is -2.96. The maximum Gasteiger partial charge on any atom is 0.573 e. The molecular weight excluding hydrogens is 542 g/mol. The molecule has 2 nitrogen and oxygen atoms in total. The zero-order chi connectivity index (χ0) is 24.7. The molecule has 0 bridgehead atoms. The molecule has 0 radical (unpaired) electrons. The summed E-state index contributed by atoms with van der Waals surface area (Å²) in [4.78, 5) is 0. The smallest absolute Gasteiger partial charge is 0.429 e. The number of hydrogen-bond acceptors (Lipinski definition) is 2. The zero-order valence-corrected chi connectivity index (χ0v) is 17.1. The van der Waals surface area contributed by atoms with E-state index in [4.69, 9.17) is 0 Å². The molecule has 0 aromatic heterocycles. The summed E-state index contributed by atoms with van der Waals surface area (Å²) in [5, 5.41) is 0. The van der Waals surface area contributed by atoms with Crippen molar-refractivity contribution in [1.29, 1.82) is 0 Å². The molecule has 0 fully saturated rings. The maximum atomic E-state index is 14.4. The van der Waals surface area contributed by atoms with E-state index in [1.54, 1.807) is 0 Å². The lowest BCUT2D eigenvalue weighted by Crippen LogP contribution is -2.25. The molecule has 0 unspecified atom stereocenters. The molecule has 0 saturated heterocycles. The van der Waals surface area contributed by atoms with Crippen LogP contribution in [0.25, 0.3) is 11.1 Å². The maximum absolute atomic E-state index is 14.4. The summed E-state index contributed by atoms with van der Waals surface area (Å²) in [5.41, 5.74) is -2.96. The lowest BCUT2D eigenvalue weighted by molar-refractivity contribution is -0.276. The van der Waals surface area contributed by atoms with Gasteiger partial charge in [0.2, 0.25) is 5.75 Å². The topological polar surface area (TPSA) is 18.5 Å². The number of hydrogen-bond donors (Lipinski definition) is 0. The fourth-order valence-electron chi connectivity index (χ4n) is 2.74. The molecule has 3 aromatic carbocycles. The highest BCUT2D eigenvalue weighted by atomic mass is 79.9. The van der Waals surface area contributed by atoms with E-state index in [2.05, 4.69) is 25.4 Å². The molecule has 3 aromatic rings. The van der Waals surface area contributed by atoms with Gasteiger partial charge in [0.15, 0.2) is 11.6 Å². The summed E-state index contributed by atoms with van der Waals surface area (Å²) in [6.45, 7) is 0. The molecule has 33 heavy (non-hydrogen) atoms. The molecule has 0 N–H and O–H groups in total. The van der Waals surface area contributed by atoms with E-state index < -0.39 is 69.7 Å². The third-order valence-electron chi connectivity index (χ3n) is 4.01. The van der Waals surface area contributed by atoms with Gasteiger partial charge in [-0.25, -0.2) is 22.0 Å². The number of benzene rings is 3. The van der Waals surface area contributed by atoms with Crippen LogP contribution in [0.4, 0.5) is 43.9 Å². The largest absolute Gasteiger partial charge is 0.573 e. The van der Waals surface area contributed by atoms with Crippen LogP contribution in [0.15, 0.2) is 46.9 Å². The van der Waals surface area contributed by atoms with Gasteiger partial charge < -0.3 is 9.47 Å². The van der Waals surface area contributed by atoms with Crippen molar-refractivity contribution in [3.05, 3.63) is 81.6 Å². The first-order valence-corrected chi connectivity index (χ1v) is 9.24. The number of ether oxygens (including phenoxy) is 2. The Morgan fingerprint density at radius 2 is 1.18 bits per heavy atom. The fourth-order valence-corrected chi connectivity index (χ4v) is 3.14. The van der Waals surface area contributed by atoms with Crippen molar-refractivity contribution in [3.63, 3.8) is 0 Å². The quantitative estimate of drug-likeness (QED) is 0.302. The van der Waals surface area contributed by atoms with Gasteiger partial charge in [0.25, 0.3) is 0 Å². The van der Waals surface area contributed by atoms with Gasteiger partial charge in [-0.15, -0.1) is 13.2 Å². The third kappa shape index (κ3) is 5.52. The number of rotatable bonds is 5. The van der Waals surface area contributed by atoms with E-state index in [9.17, 15) is 43.9 Å². The summed E-state index contributed by atoms with van der Waals surface area (Å²) in [6, 6.07) is 3.48. The van der Waals surface area contributed by atoms with E-state index >= 15 is 0 Å². The molecular formula is C20H7BrF10O2. The van der Waals surface area contributed by atoms with Crippen molar-refractivity contribution in [2.45, 2.75) is 12.5 Å². The monoisotopic (exact) mass is 548 g/mol. The summed E-state index contributed by atoms with van der Waals surface area (Å²) >= 11 is 2.72. The van der Waals surface area contributed by atoms with Crippen LogP contribution in [-0.4, -0.2) is 6.36 Å². The lowest BCUT2D eigenvalue weighted by atomic mass is 10.0. The van der Waals surface area contributed by atoms with Gasteiger partial charge in [0.1, 0.15) is 28.8 Å². The highest BCUT2D eigenvalue weighted by Gasteiger charge is 2.41. The second kappa shape index (κ2) is 8.76. The molecule has 0 heterocycles. The summed E-state index contributed by atoms with van der Waals surface area (Å²) in [5.74, 6) is -11.0. The van der Waals surface area contributed by atoms with Crippen LogP contribution in [-0.2, 0) is 6.11 Å². The Morgan fingerprint density at radius 1 is 0.636 bits per heavy atom. The van der Waals surface area contributed by atoms with Crippen LogP contribution in [0.5, 0.6) is 11.5 Å². The first kappa shape index (κ1) is 24.7. The van der Waals surface area contributed by atoms with E-state index in [1.165, 1.54) is 0 Å². The van der Waals surface area contributed by atoms with Crippen molar-refractivity contribution in [1.82, 2.24) is 0 Å². The Labute approximate surface area is 186 Å². The Kier molecular flexibility index (Phi) is 6.55. The van der Waals surface area contributed by atoms with Crippen molar-refractivity contribution in [2.24, 2.45) is 0 Å². The van der Waals surface area contributed by atoms with Gasteiger partial charge in [0.05, 0.1) is 0 Å². The molecule has 0 spiro atoms. The second-order valence-electron chi connectivity index (χ2n) is 6.32. The van der Waals surface area contributed by atoms with E-state index in [-0.39, 0.29) is 4.47 Å². The van der Waals surface area contributed by atoms with Crippen LogP contribution in [0.1, 0.15) is 5.56 Å². The van der Waals surface area contributed by atoms with Gasteiger partial charge in [0, 0.05) is 16.1 Å². The normalized spacial score (nSPS) is 12.1. The second-order valence-corrected chi connectivity index (χ2v) is 7.24. The molecule has 0 aliphatic rings. The predicted octanol–water partition coefficient (Wildman–Crippen LogP) is 7.84. The van der Waals surface area contributed by atoms with Gasteiger partial charge in [-0.05, 0) is 42.0 Å². The van der Waals surface area contributed by atoms with Crippen molar-refractivity contribution < 1.29 is 53.4 Å². The molecule has 0 saturated carbocycles. The number of alkyl halides is 5. The predicted molar refractivity (Wildman–Crippen MR) is 97.0 cm³/mol. The highest BCUT2D eigenvalue weighted by molar-refractivity contribution is 9.10.